The second kappa shape index (κ2) is 7.49. The second-order valence-electron chi connectivity index (χ2n) is 5.48. The average molecular weight is 360 g/mol. The highest BCUT2D eigenvalue weighted by molar-refractivity contribution is 6.31. The number of fused-ring (bicyclic) bond motifs is 1. The molecule has 1 amide bonds. The van der Waals surface area contributed by atoms with Gasteiger partial charge in [-0.3, -0.25) is 4.79 Å². The lowest BCUT2D eigenvalue weighted by molar-refractivity contribution is 0.0920. The quantitative estimate of drug-likeness (QED) is 0.670. The van der Waals surface area contributed by atoms with Gasteiger partial charge in [-0.2, -0.15) is 0 Å². The molecule has 1 aromatic heterocycles. The number of rotatable bonds is 6. The molecule has 5 nitrogen and oxygen atoms in total. The molecule has 6 heteroatoms. The Hall–Kier alpha value is -2.66. The van der Waals surface area contributed by atoms with Crippen LogP contribution in [0.4, 0.5) is 0 Å². The number of amides is 1. The van der Waals surface area contributed by atoms with Crippen LogP contribution >= 0.6 is 11.6 Å². The highest BCUT2D eigenvalue weighted by Gasteiger charge is 2.17. The first-order valence-corrected chi connectivity index (χ1v) is 8.20. The number of halogens is 1. The summed E-state index contributed by atoms with van der Waals surface area (Å²) in [6, 6.07) is 12.6. The number of furan rings is 1. The van der Waals surface area contributed by atoms with Crippen LogP contribution in [0.5, 0.6) is 11.5 Å². The van der Waals surface area contributed by atoms with Crippen molar-refractivity contribution in [3.63, 3.8) is 0 Å². The van der Waals surface area contributed by atoms with E-state index in [2.05, 4.69) is 5.32 Å². The molecule has 0 aliphatic heterocycles. The Bertz CT molecular complexity index is 904. The van der Waals surface area contributed by atoms with Crippen LogP contribution < -0.4 is 14.8 Å². The van der Waals surface area contributed by atoms with E-state index >= 15 is 0 Å². The van der Waals surface area contributed by atoms with E-state index < -0.39 is 0 Å². The average Bonchev–Trinajstić information content (AvgIpc) is 2.95. The molecular weight excluding hydrogens is 342 g/mol. The zero-order valence-electron chi connectivity index (χ0n) is 14.0. The van der Waals surface area contributed by atoms with Crippen LogP contribution in [0.2, 0.25) is 5.02 Å². The molecule has 0 fully saturated rings. The van der Waals surface area contributed by atoms with E-state index in [1.54, 1.807) is 31.4 Å². The van der Waals surface area contributed by atoms with Gasteiger partial charge >= 0.3 is 0 Å². The number of aryl methyl sites for hydroxylation is 1. The van der Waals surface area contributed by atoms with Crippen LogP contribution in [0.3, 0.4) is 0 Å². The molecule has 0 unspecified atom stereocenters. The van der Waals surface area contributed by atoms with Crippen LogP contribution in [0, 0.1) is 6.92 Å². The van der Waals surface area contributed by atoms with Crippen LogP contribution in [0.1, 0.15) is 16.1 Å². The third-order valence-corrected chi connectivity index (χ3v) is 4.04. The van der Waals surface area contributed by atoms with Gasteiger partial charge in [0, 0.05) is 22.0 Å². The molecule has 0 saturated heterocycles. The standard InChI is InChI=1S/C19H18ClNO4/c1-12-16-10-13(20)6-7-17(16)25-18(12)19(22)21-8-9-24-15-5-3-4-14(11-15)23-2/h3-7,10-11H,8-9H2,1-2H3,(H,21,22). The van der Waals surface area contributed by atoms with Crippen LogP contribution in [-0.2, 0) is 0 Å². The molecule has 0 atom stereocenters. The maximum absolute atomic E-state index is 12.3. The summed E-state index contributed by atoms with van der Waals surface area (Å²) in [5.74, 6) is 1.42. The fourth-order valence-electron chi connectivity index (χ4n) is 2.51. The maximum atomic E-state index is 12.3. The van der Waals surface area contributed by atoms with Crippen molar-refractivity contribution >= 4 is 28.5 Å². The van der Waals surface area contributed by atoms with Crippen molar-refractivity contribution < 1.29 is 18.7 Å². The van der Waals surface area contributed by atoms with Crippen LogP contribution in [0.15, 0.2) is 46.9 Å². The molecule has 0 radical (unpaired) electrons. The van der Waals surface area contributed by atoms with E-state index in [0.717, 1.165) is 16.7 Å². The van der Waals surface area contributed by atoms with E-state index in [9.17, 15) is 4.79 Å². The molecule has 130 valence electrons. The smallest absolute Gasteiger partial charge is 0.287 e. The Morgan fingerprint density at radius 1 is 1.20 bits per heavy atom. The third-order valence-electron chi connectivity index (χ3n) is 3.80. The number of carbonyl (C=O) groups excluding carboxylic acids is 1. The molecule has 0 aliphatic carbocycles. The van der Waals surface area contributed by atoms with Gasteiger partial charge in [-0.15, -0.1) is 0 Å². The highest BCUT2D eigenvalue weighted by atomic mass is 35.5. The summed E-state index contributed by atoms with van der Waals surface area (Å²) in [6.45, 7) is 2.53. The lowest BCUT2D eigenvalue weighted by atomic mass is 10.1. The molecule has 0 saturated carbocycles. The van der Waals surface area contributed by atoms with Crippen molar-refractivity contribution in [1.82, 2.24) is 5.32 Å². The van der Waals surface area contributed by atoms with E-state index in [-0.39, 0.29) is 5.91 Å². The van der Waals surface area contributed by atoms with Gasteiger partial charge in [0.05, 0.1) is 13.7 Å². The molecule has 3 rings (SSSR count). The van der Waals surface area contributed by atoms with Gasteiger partial charge in [-0.1, -0.05) is 17.7 Å². The molecule has 2 aromatic carbocycles. The van der Waals surface area contributed by atoms with Crippen molar-refractivity contribution in [2.45, 2.75) is 6.92 Å². The lowest BCUT2D eigenvalue weighted by Gasteiger charge is -2.08. The van der Waals surface area contributed by atoms with Crippen molar-refractivity contribution in [2.24, 2.45) is 0 Å². The Morgan fingerprint density at radius 2 is 2.00 bits per heavy atom. The molecule has 1 N–H and O–H groups in total. The van der Waals surface area contributed by atoms with Crippen LogP contribution in [-0.4, -0.2) is 26.2 Å². The zero-order valence-corrected chi connectivity index (χ0v) is 14.7. The van der Waals surface area contributed by atoms with Crippen molar-refractivity contribution in [1.29, 1.82) is 0 Å². The van der Waals surface area contributed by atoms with E-state index in [1.807, 2.05) is 25.1 Å². The Kier molecular flexibility index (Phi) is 5.14. The lowest BCUT2D eigenvalue weighted by Crippen LogP contribution is -2.28. The van der Waals surface area contributed by atoms with E-state index in [4.69, 9.17) is 25.5 Å². The fourth-order valence-corrected chi connectivity index (χ4v) is 2.69. The minimum atomic E-state index is -0.279. The zero-order chi connectivity index (χ0) is 17.8. The first-order chi connectivity index (χ1) is 12.1. The molecule has 0 bridgehead atoms. The minimum Gasteiger partial charge on any atom is -0.497 e. The number of benzene rings is 2. The maximum Gasteiger partial charge on any atom is 0.287 e. The summed E-state index contributed by atoms with van der Waals surface area (Å²) in [5, 5.41) is 4.24. The second-order valence-corrected chi connectivity index (χ2v) is 5.92. The first kappa shape index (κ1) is 17.2. The predicted molar refractivity (Wildman–Crippen MR) is 96.8 cm³/mol. The summed E-state index contributed by atoms with van der Waals surface area (Å²) in [6.07, 6.45) is 0. The summed E-state index contributed by atoms with van der Waals surface area (Å²) < 4.78 is 16.4. The largest absolute Gasteiger partial charge is 0.497 e. The minimum absolute atomic E-state index is 0.279. The van der Waals surface area contributed by atoms with Gasteiger partial charge in [-0.05, 0) is 37.3 Å². The Morgan fingerprint density at radius 3 is 2.80 bits per heavy atom. The Balaban J connectivity index is 1.58. The predicted octanol–water partition coefficient (Wildman–Crippen LogP) is 4.21. The Labute approximate surface area is 150 Å². The number of nitrogens with one attached hydrogen (secondary N) is 1. The number of methoxy groups -OCH3 is 1. The number of hydrogen-bond acceptors (Lipinski definition) is 4. The van der Waals surface area contributed by atoms with E-state index in [0.29, 0.717) is 35.3 Å². The fraction of sp³-hybridized carbons (Fsp3) is 0.211. The molecule has 3 aromatic rings. The van der Waals surface area contributed by atoms with Gasteiger partial charge in [0.25, 0.3) is 5.91 Å². The summed E-state index contributed by atoms with van der Waals surface area (Å²) in [4.78, 5) is 12.3. The van der Waals surface area contributed by atoms with Crippen molar-refractivity contribution in [2.75, 3.05) is 20.3 Å². The van der Waals surface area contributed by atoms with Gasteiger partial charge < -0.3 is 19.2 Å². The summed E-state index contributed by atoms with van der Waals surface area (Å²) in [5.41, 5.74) is 1.41. The highest BCUT2D eigenvalue weighted by Crippen LogP contribution is 2.27. The monoisotopic (exact) mass is 359 g/mol. The SMILES string of the molecule is COc1cccc(OCCNC(=O)c2oc3ccc(Cl)cc3c2C)c1. The first-order valence-electron chi connectivity index (χ1n) is 7.82. The molecular formula is C19H18ClNO4. The van der Waals surface area contributed by atoms with E-state index in [1.165, 1.54) is 0 Å². The normalized spacial score (nSPS) is 10.7. The molecule has 0 spiro atoms. The molecule has 0 aliphatic rings. The number of ether oxygens (including phenoxy) is 2. The summed E-state index contributed by atoms with van der Waals surface area (Å²) >= 11 is 5.99. The number of carbonyl (C=O) groups is 1. The van der Waals surface area contributed by atoms with Crippen molar-refractivity contribution in [3.8, 4) is 11.5 Å². The van der Waals surface area contributed by atoms with Gasteiger partial charge in [0.1, 0.15) is 23.7 Å². The third kappa shape index (κ3) is 3.88. The number of hydrogen-bond donors (Lipinski definition) is 1. The van der Waals surface area contributed by atoms with Crippen molar-refractivity contribution in [3.05, 3.63) is 58.8 Å². The van der Waals surface area contributed by atoms with Gasteiger partial charge in [-0.25, -0.2) is 0 Å². The topological polar surface area (TPSA) is 60.7 Å². The van der Waals surface area contributed by atoms with Crippen LogP contribution in [0.25, 0.3) is 11.0 Å². The molecule has 1 heterocycles. The van der Waals surface area contributed by atoms with Gasteiger partial charge in [0.2, 0.25) is 0 Å². The summed E-state index contributed by atoms with van der Waals surface area (Å²) in [7, 11) is 1.60. The molecule has 25 heavy (non-hydrogen) atoms. The van der Waals surface area contributed by atoms with Gasteiger partial charge in [0.15, 0.2) is 5.76 Å².